The lowest BCUT2D eigenvalue weighted by atomic mass is 9.88. The van der Waals surface area contributed by atoms with Crippen LogP contribution in [0.1, 0.15) is 42.5 Å². The van der Waals surface area contributed by atoms with E-state index in [2.05, 4.69) is 18.2 Å². The zero-order valence-corrected chi connectivity index (χ0v) is 11.0. The number of likely N-dealkylation sites (N-methyl/N-ethyl adjacent to an activating group) is 1. The van der Waals surface area contributed by atoms with Crippen molar-refractivity contribution in [1.82, 2.24) is 4.90 Å². The second kappa shape index (κ2) is 5.01. The van der Waals surface area contributed by atoms with E-state index in [1.807, 2.05) is 19.0 Å². The van der Waals surface area contributed by atoms with Crippen LogP contribution < -0.4 is 0 Å². The van der Waals surface area contributed by atoms with Gasteiger partial charge in [-0.1, -0.05) is 18.2 Å². The van der Waals surface area contributed by atoms with E-state index >= 15 is 0 Å². The molecule has 1 aliphatic rings. The van der Waals surface area contributed by atoms with Crippen LogP contribution in [-0.4, -0.2) is 24.8 Å². The fourth-order valence-corrected chi connectivity index (χ4v) is 2.82. The molecule has 0 aromatic heterocycles. The Hall–Kier alpha value is -1.15. The van der Waals surface area contributed by atoms with E-state index in [4.69, 9.17) is 0 Å². The molecule has 0 spiro atoms. The summed E-state index contributed by atoms with van der Waals surface area (Å²) in [5.41, 5.74) is 4.06. The van der Waals surface area contributed by atoms with Gasteiger partial charge in [0, 0.05) is 0 Å². The summed E-state index contributed by atoms with van der Waals surface area (Å²) in [7, 11) is 3.93. The molecule has 92 valence electrons. The number of carbonyl (C=O) groups excluding carboxylic acids is 1. The highest BCUT2D eigenvalue weighted by Gasteiger charge is 2.20. The Kier molecular flexibility index (Phi) is 3.63. The number of benzene rings is 1. The molecule has 0 N–H and O–H groups in total. The number of nitrogens with zero attached hydrogens (tertiary/aromatic N) is 1. The van der Waals surface area contributed by atoms with E-state index < -0.39 is 0 Å². The van der Waals surface area contributed by atoms with Crippen LogP contribution in [0.5, 0.6) is 0 Å². The van der Waals surface area contributed by atoms with Crippen molar-refractivity contribution in [2.24, 2.45) is 0 Å². The maximum atomic E-state index is 11.7. The molecule has 17 heavy (non-hydrogen) atoms. The minimum absolute atomic E-state index is 0.0952. The second-order valence-electron chi connectivity index (χ2n) is 5.21. The van der Waals surface area contributed by atoms with E-state index in [0.29, 0.717) is 0 Å². The molecule has 0 fully saturated rings. The van der Waals surface area contributed by atoms with Crippen molar-refractivity contribution in [2.45, 2.75) is 38.6 Å². The van der Waals surface area contributed by atoms with Gasteiger partial charge in [-0.05, 0) is 63.4 Å². The monoisotopic (exact) mass is 231 g/mol. The van der Waals surface area contributed by atoms with Gasteiger partial charge < -0.3 is 0 Å². The minimum atomic E-state index is -0.0952. The maximum Gasteiger partial charge on any atom is 0.151 e. The van der Waals surface area contributed by atoms with Gasteiger partial charge in [-0.15, -0.1) is 0 Å². The molecule has 2 rings (SSSR count). The lowest BCUT2D eigenvalue weighted by Gasteiger charge is -2.24. The molecular formula is C15H21NO. The summed E-state index contributed by atoms with van der Waals surface area (Å²) in [6.45, 7) is 1.67. The van der Waals surface area contributed by atoms with E-state index in [0.717, 1.165) is 5.56 Å². The Balaban J connectivity index is 2.35. The molecule has 2 heteroatoms. The number of hydrogen-bond acceptors (Lipinski definition) is 2. The molecule has 0 saturated heterocycles. The van der Waals surface area contributed by atoms with E-state index in [1.165, 1.54) is 36.8 Å². The van der Waals surface area contributed by atoms with Crippen LogP contribution >= 0.6 is 0 Å². The lowest BCUT2D eigenvalue weighted by Crippen LogP contribution is -2.26. The predicted octanol–water partition coefficient (Wildman–Crippen LogP) is 2.76. The Morgan fingerprint density at radius 3 is 2.41 bits per heavy atom. The van der Waals surface area contributed by atoms with Crippen LogP contribution in [0.25, 0.3) is 0 Å². The molecule has 1 atom stereocenters. The first-order chi connectivity index (χ1) is 8.09. The van der Waals surface area contributed by atoms with Gasteiger partial charge in [-0.2, -0.15) is 0 Å². The third-order valence-corrected chi connectivity index (χ3v) is 3.59. The van der Waals surface area contributed by atoms with Crippen molar-refractivity contribution in [3.63, 3.8) is 0 Å². The van der Waals surface area contributed by atoms with Crippen LogP contribution in [0.15, 0.2) is 18.2 Å². The number of carbonyl (C=O) groups is 1. The van der Waals surface area contributed by atoms with Gasteiger partial charge in [0.05, 0.1) is 6.04 Å². The normalized spacial score (nSPS) is 16.7. The molecule has 1 aromatic rings. The predicted molar refractivity (Wildman–Crippen MR) is 70.2 cm³/mol. The summed E-state index contributed by atoms with van der Waals surface area (Å²) in [5.74, 6) is 0.214. The molecular weight excluding hydrogens is 210 g/mol. The third kappa shape index (κ3) is 2.58. The number of Topliss-reactive ketones (excluding diaryl/α,β-unsaturated/α-hetero) is 1. The number of rotatable bonds is 3. The number of ketones is 1. The smallest absolute Gasteiger partial charge is 0.151 e. The fourth-order valence-electron chi connectivity index (χ4n) is 2.82. The highest BCUT2D eigenvalue weighted by atomic mass is 16.1. The SMILES string of the molecule is CC(=O)C(c1ccc2c(c1)CCCC2)N(C)C. The van der Waals surface area contributed by atoms with Crippen LogP contribution in [0, 0.1) is 0 Å². The highest BCUT2D eigenvalue weighted by molar-refractivity contribution is 5.83. The van der Waals surface area contributed by atoms with Crippen LogP contribution in [0.2, 0.25) is 0 Å². The van der Waals surface area contributed by atoms with Gasteiger partial charge in [-0.25, -0.2) is 0 Å². The van der Waals surface area contributed by atoms with Crippen molar-refractivity contribution in [3.05, 3.63) is 34.9 Å². The maximum absolute atomic E-state index is 11.7. The first kappa shape index (κ1) is 12.3. The lowest BCUT2D eigenvalue weighted by molar-refractivity contribution is -0.121. The van der Waals surface area contributed by atoms with Crippen LogP contribution in [0.3, 0.4) is 0 Å². The van der Waals surface area contributed by atoms with Gasteiger partial charge in [0.25, 0.3) is 0 Å². The van der Waals surface area contributed by atoms with Crippen molar-refractivity contribution in [1.29, 1.82) is 0 Å². The van der Waals surface area contributed by atoms with E-state index in [-0.39, 0.29) is 11.8 Å². The molecule has 0 saturated carbocycles. The summed E-state index contributed by atoms with van der Waals surface area (Å²) in [6.07, 6.45) is 4.95. The molecule has 1 aromatic carbocycles. The Morgan fingerprint density at radius 2 is 1.82 bits per heavy atom. The van der Waals surface area contributed by atoms with Crippen molar-refractivity contribution in [2.75, 3.05) is 14.1 Å². The molecule has 2 nitrogen and oxygen atoms in total. The summed E-state index contributed by atoms with van der Waals surface area (Å²) in [4.78, 5) is 13.7. The summed E-state index contributed by atoms with van der Waals surface area (Å²) < 4.78 is 0. The Bertz CT molecular complexity index is 423. The van der Waals surface area contributed by atoms with Crippen LogP contribution in [0.4, 0.5) is 0 Å². The third-order valence-electron chi connectivity index (χ3n) is 3.59. The van der Waals surface area contributed by atoms with Crippen LogP contribution in [-0.2, 0) is 17.6 Å². The van der Waals surface area contributed by atoms with E-state index in [1.54, 1.807) is 6.92 Å². The van der Waals surface area contributed by atoms with Gasteiger partial charge in [0.2, 0.25) is 0 Å². The standard InChI is InChI=1S/C15H21NO/c1-11(17)15(16(2)3)14-9-8-12-6-4-5-7-13(12)10-14/h8-10,15H,4-7H2,1-3H3. The van der Waals surface area contributed by atoms with Crippen molar-refractivity contribution >= 4 is 5.78 Å². The van der Waals surface area contributed by atoms with E-state index in [9.17, 15) is 4.79 Å². The summed E-state index contributed by atoms with van der Waals surface area (Å²) in [5, 5.41) is 0. The molecule has 1 aliphatic carbocycles. The average molecular weight is 231 g/mol. The van der Waals surface area contributed by atoms with Crippen molar-refractivity contribution in [3.8, 4) is 0 Å². The molecule has 1 unspecified atom stereocenters. The average Bonchev–Trinajstić information content (AvgIpc) is 2.28. The highest BCUT2D eigenvalue weighted by Crippen LogP contribution is 2.26. The molecule has 0 bridgehead atoms. The summed E-state index contributed by atoms with van der Waals surface area (Å²) in [6, 6.07) is 6.47. The quantitative estimate of drug-likeness (QED) is 0.797. The molecule has 0 radical (unpaired) electrons. The molecule has 0 aliphatic heterocycles. The number of hydrogen-bond donors (Lipinski definition) is 0. The molecule has 0 amide bonds. The first-order valence-corrected chi connectivity index (χ1v) is 6.38. The topological polar surface area (TPSA) is 20.3 Å². The Morgan fingerprint density at radius 1 is 1.18 bits per heavy atom. The fraction of sp³-hybridized carbons (Fsp3) is 0.533. The molecule has 0 heterocycles. The van der Waals surface area contributed by atoms with Gasteiger partial charge in [-0.3, -0.25) is 9.69 Å². The Labute approximate surface area is 104 Å². The van der Waals surface area contributed by atoms with Gasteiger partial charge in [0.15, 0.2) is 5.78 Å². The minimum Gasteiger partial charge on any atom is -0.298 e. The van der Waals surface area contributed by atoms with Crippen molar-refractivity contribution < 1.29 is 4.79 Å². The number of fused-ring (bicyclic) bond motifs is 1. The van der Waals surface area contributed by atoms with Gasteiger partial charge >= 0.3 is 0 Å². The summed E-state index contributed by atoms with van der Waals surface area (Å²) >= 11 is 0. The largest absolute Gasteiger partial charge is 0.298 e. The zero-order valence-electron chi connectivity index (χ0n) is 11.0. The first-order valence-electron chi connectivity index (χ1n) is 6.38. The number of aryl methyl sites for hydroxylation is 2. The second-order valence-corrected chi connectivity index (χ2v) is 5.21. The van der Waals surface area contributed by atoms with Gasteiger partial charge in [0.1, 0.15) is 0 Å². The zero-order chi connectivity index (χ0) is 12.4.